The summed E-state index contributed by atoms with van der Waals surface area (Å²) in [6.07, 6.45) is 4.89. The Balaban J connectivity index is 0.000000182. The number of rotatable bonds is 7. The van der Waals surface area contributed by atoms with Crippen LogP contribution in [0.15, 0.2) is 124 Å². The second kappa shape index (κ2) is 16.2. The number of furan rings is 2. The molecule has 4 aromatic carbocycles. The molecule has 0 amide bonds. The SMILES string of the molecule is C[Si](C)(C)c1ccc(-c2[c-]ccc3c2oc2cc(F)ccc23)nc1.Cc1cc2c(oc3c[c-]c(-c4cc(CC(C)C)ccn4)cc32)c(C(C)(C)c2ccccc2)n1.[Ir]. The largest absolute Gasteiger partial charge is 0.500 e. The summed E-state index contributed by atoms with van der Waals surface area (Å²) in [5.74, 6) is 0.302. The van der Waals surface area contributed by atoms with E-state index in [1.807, 2.05) is 42.7 Å². The minimum absolute atomic E-state index is 0. The van der Waals surface area contributed by atoms with Crippen molar-refractivity contribution in [1.29, 1.82) is 0 Å². The smallest absolute Gasteiger partial charge is 0.143 e. The molecule has 0 bridgehead atoms. The normalized spacial score (nSPS) is 12.0. The summed E-state index contributed by atoms with van der Waals surface area (Å²) in [5, 5.41) is 5.33. The molecule has 5 heterocycles. The quantitative estimate of drug-likeness (QED) is 0.118. The van der Waals surface area contributed by atoms with Gasteiger partial charge in [0.05, 0.1) is 24.9 Å². The zero-order valence-corrected chi connectivity index (χ0v) is 37.5. The number of benzene rings is 4. The zero-order valence-electron chi connectivity index (χ0n) is 34.1. The van der Waals surface area contributed by atoms with E-state index in [1.165, 1.54) is 28.4 Å². The van der Waals surface area contributed by atoms with E-state index in [9.17, 15) is 4.39 Å². The van der Waals surface area contributed by atoms with E-state index >= 15 is 0 Å². The molecule has 0 unspecified atom stereocenters. The first-order chi connectivity index (χ1) is 27.3. The Bertz CT molecular complexity index is 2890. The summed E-state index contributed by atoms with van der Waals surface area (Å²) in [6.45, 7) is 17.8. The Morgan fingerprint density at radius 1 is 0.759 bits per heavy atom. The van der Waals surface area contributed by atoms with Crippen LogP contribution >= 0.6 is 0 Å². The Labute approximate surface area is 354 Å². The van der Waals surface area contributed by atoms with Crippen LogP contribution in [0.5, 0.6) is 0 Å². The van der Waals surface area contributed by atoms with Gasteiger partial charge >= 0.3 is 0 Å². The number of aryl methyl sites for hydroxylation is 1. The van der Waals surface area contributed by atoms with Crippen LogP contribution in [0.1, 0.15) is 50.2 Å². The molecule has 0 fully saturated rings. The second-order valence-corrected chi connectivity index (χ2v) is 22.0. The Morgan fingerprint density at radius 3 is 2.26 bits per heavy atom. The minimum atomic E-state index is -1.38. The minimum Gasteiger partial charge on any atom is -0.500 e. The number of pyridine rings is 3. The molecule has 0 N–H and O–H groups in total. The predicted octanol–water partition coefficient (Wildman–Crippen LogP) is 12.8. The number of fused-ring (bicyclic) bond motifs is 6. The molecule has 9 rings (SSSR count). The molecule has 0 aliphatic heterocycles. The molecule has 0 aliphatic rings. The zero-order chi connectivity index (χ0) is 40.1. The van der Waals surface area contributed by atoms with E-state index in [1.54, 1.807) is 6.07 Å². The topological polar surface area (TPSA) is 65.0 Å². The van der Waals surface area contributed by atoms with E-state index in [0.717, 1.165) is 73.0 Å². The third kappa shape index (κ3) is 8.06. The number of hydrogen-bond donors (Lipinski definition) is 0. The molecule has 1 radical (unpaired) electrons. The van der Waals surface area contributed by atoms with Crippen molar-refractivity contribution >= 4 is 57.1 Å². The van der Waals surface area contributed by atoms with Gasteiger partial charge in [-0.05, 0) is 65.7 Å². The summed E-state index contributed by atoms with van der Waals surface area (Å²) in [4.78, 5) is 14.2. The van der Waals surface area contributed by atoms with Gasteiger partial charge in [0.15, 0.2) is 0 Å². The van der Waals surface area contributed by atoms with E-state index in [0.29, 0.717) is 17.1 Å². The Kier molecular flexibility index (Phi) is 11.4. The first-order valence-electron chi connectivity index (χ1n) is 19.5. The van der Waals surface area contributed by atoms with Gasteiger partial charge in [-0.2, -0.15) is 0 Å². The fraction of sp³-hybridized carbons (Fsp3) is 0.220. The van der Waals surface area contributed by atoms with Crippen LogP contribution in [0.4, 0.5) is 4.39 Å². The summed E-state index contributed by atoms with van der Waals surface area (Å²) < 4.78 is 25.8. The van der Waals surface area contributed by atoms with Crippen LogP contribution in [0.25, 0.3) is 66.4 Å². The maximum Gasteiger partial charge on any atom is 0.143 e. The van der Waals surface area contributed by atoms with Gasteiger partial charge in [0.2, 0.25) is 0 Å². The molecule has 5 nitrogen and oxygen atoms in total. The molecule has 8 heteroatoms. The van der Waals surface area contributed by atoms with Gasteiger partial charge in [-0.15, -0.1) is 42.0 Å². The van der Waals surface area contributed by atoms with Crippen molar-refractivity contribution in [1.82, 2.24) is 15.0 Å². The fourth-order valence-electron chi connectivity index (χ4n) is 7.52. The van der Waals surface area contributed by atoms with E-state index in [2.05, 4.69) is 131 Å². The monoisotopic (exact) mass is 960 g/mol. The maximum absolute atomic E-state index is 13.5. The molecule has 5 aromatic heterocycles. The van der Waals surface area contributed by atoms with Gasteiger partial charge in [-0.25, -0.2) is 4.39 Å². The summed E-state index contributed by atoms with van der Waals surface area (Å²) >= 11 is 0. The molecular formula is C50H46FIrN3O2Si-2. The van der Waals surface area contributed by atoms with E-state index in [4.69, 9.17) is 13.8 Å². The van der Waals surface area contributed by atoms with Gasteiger partial charge < -0.3 is 18.8 Å². The summed E-state index contributed by atoms with van der Waals surface area (Å²) in [6, 6.07) is 40.2. The van der Waals surface area contributed by atoms with Gasteiger partial charge in [0.25, 0.3) is 0 Å². The van der Waals surface area contributed by atoms with Crippen molar-refractivity contribution in [2.24, 2.45) is 5.92 Å². The third-order valence-electron chi connectivity index (χ3n) is 10.6. The molecule has 0 spiro atoms. The van der Waals surface area contributed by atoms with E-state index < -0.39 is 8.07 Å². The molecule has 0 aliphatic carbocycles. The van der Waals surface area contributed by atoms with Crippen LogP contribution < -0.4 is 5.19 Å². The van der Waals surface area contributed by atoms with Crippen molar-refractivity contribution in [3.63, 3.8) is 0 Å². The molecule has 0 saturated heterocycles. The Morgan fingerprint density at radius 2 is 1.53 bits per heavy atom. The fourth-order valence-corrected chi connectivity index (χ4v) is 8.56. The van der Waals surface area contributed by atoms with Crippen molar-refractivity contribution in [3.05, 3.63) is 156 Å². The molecule has 58 heavy (non-hydrogen) atoms. The van der Waals surface area contributed by atoms with E-state index in [-0.39, 0.29) is 31.3 Å². The van der Waals surface area contributed by atoms with Gasteiger partial charge in [-0.1, -0.05) is 118 Å². The first kappa shape index (κ1) is 40.9. The molecule has 295 valence electrons. The maximum atomic E-state index is 13.5. The second-order valence-electron chi connectivity index (χ2n) is 16.9. The van der Waals surface area contributed by atoms with Crippen LogP contribution in [0, 0.1) is 30.8 Å². The molecule has 9 aromatic rings. The third-order valence-corrected chi connectivity index (χ3v) is 12.7. The predicted molar refractivity (Wildman–Crippen MR) is 234 cm³/mol. The number of nitrogens with zero attached hydrogens (tertiary/aromatic N) is 3. The van der Waals surface area contributed by atoms with Crippen molar-refractivity contribution < 1.29 is 33.3 Å². The number of aromatic nitrogens is 3. The van der Waals surface area contributed by atoms with Crippen molar-refractivity contribution in [3.8, 4) is 22.5 Å². The van der Waals surface area contributed by atoms with Crippen LogP contribution in [0.3, 0.4) is 0 Å². The van der Waals surface area contributed by atoms with Crippen LogP contribution in [-0.2, 0) is 31.9 Å². The number of halogens is 1. The average molecular weight is 960 g/mol. The average Bonchev–Trinajstić information content (AvgIpc) is 3.75. The van der Waals surface area contributed by atoms with Gasteiger partial charge in [0, 0.05) is 60.4 Å². The van der Waals surface area contributed by atoms with Crippen LogP contribution in [-0.4, -0.2) is 23.0 Å². The van der Waals surface area contributed by atoms with Gasteiger partial charge in [-0.3, -0.25) is 4.98 Å². The van der Waals surface area contributed by atoms with Gasteiger partial charge in [0.1, 0.15) is 17.0 Å². The van der Waals surface area contributed by atoms with Crippen LogP contribution in [0.2, 0.25) is 19.6 Å². The summed E-state index contributed by atoms with van der Waals surface area (Å²) in [5.41, 5.74) is 10.6. The molecular weight excluding hydrogens is 914 g/mol. The van der Waals surface area contributed by atoms with Crippen molar-refractivity contribution in [2.45, 2.75) is 66.1 Å². The Hall–Kier alpha value is -5.27. The molecule has 0 atom stereocenters. The van der Waals surface area contributed by atoms with Crippen molar-refractivity contribution in [2.75, 3.05) is 0 Å². The number of hydrogen-bond acceptors (Lipinski definition) is 5. The molecule has 0 saturated carbocycles. The first-order valence-corrected chi connectivity index (χ1v) is 23.0. The summed E-state index contributed by atoms with van der Waals surface area (Å²) in [7, 11) is -1.38. The standard InChI is InChI=1S/C30H29N2O.C20H17FNOSi.Ir/c1-19(2)15-21-13-14-31-26(17-21)22-11-12-27-24(18-22)25-16-20(3)32-29(28(25)33-27)30(4,5)23-9-7-6-8-10-23;1-24(2,3)14-8-10-18(22-12-14)17-6-4-5-16-15-9-7-13(21)11-19(15)23-20(16)17;/h6-10,12-14,16-19H,15H2,1-5H3;4-5,7-12H,1-3H3;/q2*-1;.